The van der Waals surface area contributed by atoms with E-state index in [1.807, 2.05) is 11.3 Å². The Morgan fingerprint density at radius 1 is 1.39 bits per heavy atom. The van der Waals surface area contributed by atoms with Gasteiger partial charge < -0.3 is 5.32 Å². The van der Waals surface area contributed by atoms with Crippen molar-refractivity contribution in [1.82, 2.24) is 10.3 Å². The number of thiazole rings is 1. The molecule has 102 valence electrons. The molecule has 2 rings (SSSR count). The minimum absolute atomic E-state index is 0.149. The minimum atomic E-state index is 0.149. The summed E-state index contributed by atoms with van der Waals surface area (Å²) in [6, 6.07) is 0. The molecule has 0 amide bonds. The minimum Gasteiger partial charge on any atom is -0.308 e. The van der Waals surface area contributed by atoms with Crippen molar-refractivity contribution in [2.75, 3.05) is 7.05 Å². The molecule has 2 atom stereocenters. The molecule has 1 N–H and O–H groups in total. The van der Waals surface area contributed by atoms with Gasteiger partial charge in [0.2, 0.25) is 0 Å². The fourth-order valence-corrected chi connectivity index (χ4v) is 4.77. The molecule has 0 spiro atoms. The van der Waals surface area contributed by atoms with E-state index in [9.17, 15) is 0 Å². The molecular formula is C15H26N2S. The second-order valence-electron chi connectivity index (χ2n) is 5.45. The Labute approximate surface area is 115 Å². The Bertz CT molecular complexity index is 399. The highest BCUT2D eigenvalue weighted by atomic mass is 32.1. The van der Waals surface area contributed by atoms with E-state index in [-0.39, 0.29) is 5.54 Å². The maximum Gasteiger partial charge on any atom is 0.114 e. The van der Waals surface area contributed by atoms with Crippen LogP contribution in [0.25, 0.3) is 0 Å². The lowest BCUT2D eigenvalue weighted by atomic mass is 9.72. The van der Waals surface area contributed by atoms with Gasteiger partial charge in [0.1, 0.15) is 5.01 Å². The quantitative estimate of drug-likeness (QED) is 0.890. The van der Waals surface area contributed by atoms with Crippen LogP contribution in [0.15, 0.2) is 0 Å². The molecule has 1 saturated carbocycles. The van der Waals surface area contributed by atoms with Crippen LogP contribution in [0.3, 0.4) is 0 Å². The van der Waals surface area contributed by atoms with Gasteiger partial charge >= 0.3 is 0 Å². The van der Waals surface area contributed by atoms with E-state index in [1.54, 1.807) is 0 Å². The molecule has 1 aliphatic carbocycles. The Kier molecular flexibility index (Phi) is 4.44. The SMILES string of the molecule is CCc1nc(C2(NC)CCCCC2CC)sc1C. The van der Waals surface area contributed by atoms with Crippen LogP contribution in [0.5, 0.6) is 0 Å². The first-order valence-corrected chi connectivity index (χ1v) is 8.15. The highest BCUT2D eigenvalue weighted by molar-refractivity contribution is 7.11. The lowest BCUT2D eigenvalue weighted by molar-refractivity contribution is 0.145. The fraction of sp³-hybridized carbons (Fsp3) is 0.800. The van der Waals surface area contributed by atoms with E-state index >= 15 is 0 Å². The van der Waals surface area contributed by atoms with Crippen LogP contribution in [0.1, 0.15) is 61.5 Å². The Hall–Kier alpha value is -0.410. The maximum absolute atomic E-state index is 4.95. The van der Waals surface area contributed by atoms with Gasteiger partial charge in [0.15, 0.2) is 0 Å². The van der Waals surface area contributed by atoms with Crippen LogP contribution in [0.2, 0.25) is 0 Å². The summed E-state index contributed by atoms with van der Waals surface area (Å²) < 4.78 is 0. The first kappa shape index (κ1) is 14.0. The van der Waals surface area contributed by atoms with Crippen molar-refractivity contribution in [2.24, 2.45) is 5.92 Å². The van der Waals surface area contributed by atoms with Gasteiger partial charge in [0.25, 0.3) is 0 Å². The molecule has 0 saturated heterocycles. The molecule has 1 fully saturated rings. The molecular weight excluding hydrogens is 240 g/mol. The van der Waals surface area contributed by atoms with E-state index in [1.165, 1.54) is 47.7 Å². The van der Waals surface area contributed by atoms with Gasteiger partial charge in [-0.15, -0.1) is 11.3 Å². The van der Waals surface area contributed by atoms with Crippen molar-refractivity contribution >= 4 is 11.3 Å². The average molecular weight is 266 g/mol. The van der Waals surface area contributed by atoms with E-state index in [4.69, 9.17) is 4.98 Å². The highest BCUT2D eigenvalue weighted by Crippen LogP contribution is 2.44. The molecule has 1 aliphatic rings. The van der Waals surface area contributed by atoms with Crippen LogP contribution in [-0.2, 0) is 12.0 Å². The zero-order valence-electron chi connectivity index (χ0n) is 12.2. The van der Waals surface area contributed by atoms with Crippen molar-refractivity contribution in [2.45, 2.75) is 64.8 Å². The first-order valence-electron chi connectivity index (χ1n) is 7.33. The summed E-state index contributed by atoms with van der Waals surface area (Å²) in [6.45, 7) is 6.74. The summed E-state index contributed by atoms with van der Waals surface area (Å²) in [5.74, 6) is 0.742. The van der Waals surface area contributed by atoms with E-state index < -0.39 is 0 Å². The normalized spacial score (nSPS) is 28.6. The van der Waals surface area contributed by atoms with Crippen LogP contribution >= 0.6 is 11.3 Å². The molecule has 2 unspecified atom stereocenters. The Morgan fingerprint density at radius 2 is 2.17 bits per heavy atom. The molecule has 1 heterocycles. The van der Waals surface area contributed by atoms with Gasteiger partial charge in [-0.25, -0.2) is 4.98 Å². The molecule has 18 heavy (non-hydrogen) atoms. The lowest BCUT2D eigenvalue weighted by Crippen LogP contribution is -2.48. The Morgan fingerprint density at radius 3 is 2.72 bits per heavy atom. The summed E-state index contributed by atoms with van der Waals surface area (Å²) >= 11 is 1.91. The zero-order chi connectivity index (χ0) is 13.2. The third-order valence-corrected chi connectivity index (χ3v) is 5.81. The number of hydrogen-bond donors (Lipinski definition) is 1. The number of nitrogens with one attached hydrogen (secondary N) is 1. The molecule has 0 aliphatic heterocycles. The number of rotatable bonds is 4. The van der Waals surface area contributed by atoms with Gasteiger partial charge in [0.05, 0.1) is 11.2 Å². The van der Waals surface area contributed by atoms with Gasteiger partial charge in [-0.05, 0) is 39.2 Å². The molecule has 2 nitrogen and oxygen atoms in total. The predicted molar refractivity (Wildman–Crippen MR) is 79.2 cm³/mol. The van der Waals surface area contributed by atoms with Crippen molar-refractivity contribution < 1.29 is 0 Å². The maximum atomic E-state index is 4.95. The zero-order valence-corrected chi connectivity index (χ0v) is 13.0. The molecule has 0 radical (unpaired) electrons. The van der Waals surface area contributed by atoms with Crippen molar-refractivity contribution in [3.05, 3.63) is 15.6 Å². The van der Waals surface area contributed by atoms with Crippen molar-refractivity contribution in [1.29, 1.82) is 0 Å². The second kappa shape index (κ2) is 5.70. The first-order chi connectivity index (χ1) is 8.67. The number of aromatic nitrogens is 1. The number of nitrogens with zero attached hydrogens (tertiary/aromatic N) is 1. The van der Waals surface area contributed by atoms with Crippen LogP contribution in [-0.4, -0.2) is 12.0 Å². The third-order valence-electron chi connectivity index (χ3n) is 4.62. The molecule has 0 bridgehead atoms. The fourth-order valence-electron chi connectivity index (χ4n) is 3.46. The lowest BCUT2D eigenvalue weighted by Gasteiger charge is -2.42. The summed E-state index contributed by atoms with van der Waals surface area (Å²) in [5, 5.41) is 4.99. The highest BCUT2D eigenvalue weighted by Gasteiger charge is 2.42. The average Bonchev–Trinajstić information content (AvgIpc) is 2.80. The van der Waals surface area contributed by atoms with Gasteiger partial charge in [0, 0.05) is 4.88 Å². The standard InChI is InChI=1S/C15H26N2S/c1-5-12-9-7-8-10-15(12,16-4)14-17-13(6-2)11(3)18-14/h12,16H,5-10H2,1-4H3. The van der Waals surface area contributed by atoms with Gasteiger partial charge in [-0.1, -0.05) is 33.1 Å². The molecule has 0 aromatic carbocycles. The van der Waals surface area contributed by atoms with E-state index in [0.29, 0.717) is 0 Å². The Balaban J connectivity index is 2.40. The largest absolute Gasteiger partial charge is 0.308 e. The summed E-state index contributed by atoms with van der Waals surface area (Å²) in [7, 11) is 2.12. The smallest absolute Gasteiger partial charge is 0.114 e. The summed E-state index contributed by atoms with van der Waals surface area (Å²) in [4.78, 5) is 6.35. The second-order valence-corrected chi connectivity index (χ2v) is 6.65. The monoisotopic (exact) mass is 266 g/mol. The van der Waals surface area contributed by atoms with E-state index in [2.05, 4.69) is 33.1 Å². The third kappa shape index (κ3) is 2.23. The summed E-state index contributed by atoms with van der Waals surface area (Å²) in [6.07, 6.45) is 7.61. The van der Waals surface area contributed by atoms with Gasteiger partial charge in [-0.3, -0.25) is 0 Å². The topological polar surface area (TPSA) is 24.9 Å². The number of hydrogen-bond acceptors (Lipinski definition) is 3. The molecule has 1 aromatic rings. The number of aryl methyl sites for hydroxylation is 2. The van der Waals surface area contributed by atoms with Crippen LogP contribution in [0.4, 0.5) is 0 Å². The van der Waals surface area contributed by atoms with Gasteiger partial charge in [-0.2, -0.15) is 0 Å². The van der Waals surface area contributed by atoms with Crippen LogP contribution < -0.4 is 5.32 Å². The van der Waals surface area contributed by atoms with Crippen LogP contribution in [0, 0.1) is 12.8 Å². The summed E-state index contributed by atoms with van der Waals surface area (Å²) in [5.41, 5.74) is 1.45. The van der Waals surface area contributed by atoms with Crippen molar-refractivity contribution in [3.8, 4) is 0 Å². The predicted octanol–water partition coefficient (Wildman–Crippen LogP) is 4.03. The van der Waals surface area contributed by atoms with E-state index in [0.717, 1.165) is 12.3 Å². The molecule has 3 heteroatoms. The molecule has 1 aromatic heterocycles. The van der Waals surface area contributed by atoms with Crippen molar-refractivity contribution in [3.63, 3.8) is 0 Å².